The number of rotatable bonds is 2. The third-order valence-corrected chi connectivity index (χ3v) is 4.05. The summed E-state index contributed by atoms with van der Waals surface area (Å²) in [7, 11) is 0. The summed E-state index contributed by atoms with van der Waals surface area (Å²) in [6.45, 7) is 1.77. The summed E-state index contributed by atoms with van der Waals surface area (Å²) in [6, 6.07) is 6.46. The van der Waals surface area contributed by atoms with Crippen molar-refractivity contribution < 1.29 is 18.3 Å². The third-order valence-electron chi connectivity index (χ3n) is 3.76. The van der Waals surface area contributed by atoms with Gasteiger partial charge in [0, 0.05) is 22.8 Å². The maximum atomic E-state index is 14.4. The lowest BCUT2D eigenvalue weighted by Gasteiger charge is -2.24. The highest BCUT2D eigenvalue weighted by Crippen LogP contribution is 2.38. The van der Waals surface area contributed by atoms with Crippen LogP contribution in [-0.4, -0.2) is 18.0 Å². The number of nitrogens with zero attached hydrogens (tertiary/aromatic N) is 1. The minimum atomic E-state index is -0.856. The summed E-state index contributed by atoms with van der Waals surface area (Å²) in [4.78, 5) is 15.5. The van der Waals surface area contributed by atoms with E-state index in [0.717, 1.165) is 0 Å². The molecule has 5 nitrogen and oxygen atoms in total. The molecule has 0 aromatic heterocycles. The molecule has 1 atom stereocenters. The highest BCUT2D eigenvalue weighted by atomic mass is 35.5. The summed E-state index contributed by atoms with van der Waals surface area (Å²) < 4.78 is 33.5. The predicted molar refractivity (Wildman–Crippen MR) is 95.1 cm³/mol. The van der Waals surface area contributed by atoms with Crippen LogP contribution in [-0.2, 0) is 0 Å². The molecule has 0 bridgehead atoms. The van der Waals surface area contributed by atoms with Crippen LogP contribution in [0.15, 0.2) is 41.4 Å². The van der Waals surface area contributed by atoms with Crippen molar-refractivity contribution in [1.29, 1.82) is 0 Å². The van der Waals surface area contributed by atoms with Crippen molar-refractivity contribution in [3.05, 3.63) is 69.8 Å². The smallest absolute Gasteiger partial charge is 0.280 e. The molecule has 0 saturated carbocycles. The van der Waals surface area contributed by atoms with Crippen LogP contribution in [0.1, 0.15) is 28.4 Å². The largest absolute Gasteiger partial charge is 0.486 e. The molecule has 0 radical (unpaired) electrons. The molecule has 2 aromatic rings. The molecule has 1 unspecified atom stereocenters. The van der Waals surface area contributed by atoms with Crippen LogP contribution in [0.4, 0.5) is 8.78 Å². The number of hydrogen-bond donors (Lipinski definition) is 2. The fourth-order valence-corrected chi connectivity index (χ4v) is 2.84. The fourth-order valence-electron chi connectivity index (χ4n) is 2.68. The molecule has 1 amide bonds. The average Bonchev–Trinajstić information content (AvgIpc) is 2.56. The first-order valence-electron chi connectivity index (χ1n) is 7.58. The van der Waals surface area contributed by atoms with Gasteiger partial charge in [0.2, 0.25) is 0 Å². The highest BCUT2D eigenvalue weighted by molar-refractivity contribution is 6.31. The van der Waals surface area contributed by atoms with E-state index in [2.05, 4.69) is 4.99 Å². The van der Waals surface area contributed by atoms with Gasteiger partial charge in [-0.25, -0.2) is 8.78 Å². The third kappa shape index (κ3) is 3.39. The molecule has 0 fully saturated rings. The van der Waals surface area contributed by atoms with E-state index in [0.29, 0.717) is 23.0 Å². The number of carbonyl (C=O) groups is 1. The Morgan fingerprint density at radius 1 is 1.15 bits per heavy atom. The number of ether oxygens (including phenoxy) is 1. The maximum absolute atomic E-state index is 14.4. The zero-order chi connectivity index (χ0) is 19.0. The van der Waals surface area contributed by atoms with Gasteiger partial charge >= 0.3 is 0 Å². The van der Waals surface area contributed by atoms with Crippen LogP contribution in [0, 0.1) is 11.6 Å². The van der Waals surface area contributed by atoms with Crippen molar-refractivity contribution in [3.63, 3.8) is 0 Å². The Kier molecular flexibility index (Phi) is 4.65. The number of carbonyl (C=O) groups excluding carboxylic acids is 1. The van der Waals surface area contributed by atoms with Gasteiger partial charge in [0.25, 0.3) is 5.91 Å². The van der Waals surface area contributed by atoms with Crippen molar-refractivity contribution in [2.75, 3.05) is 0 Å². The molecule has 1 aliphatic heterocycles. The number of guanidine groups is 1. The number of amides is 1. The maximum Gasteiger partial charge on any atom is 0.280 e. The monoisotopic (exact) mass is 377 g/mol. The van der Waals surface area contributed by atoms with Gasteiger partial charge in [-0.05, 0) is 42.8 Å². The van der Waals surface area contributed by atoms with E-state index in [4.69, 9.17) is 27.8 Å². The number of fused-ring (bicyclic) bond motifs is 1. The molecule has 1 heterocycles. The van der Waals surface area contributed by atoms with E-state index >= 15 is 0 Å². The van der Waals surface area contributed by atoms with Crippen LogP contribution in [0.3, 0.4) is 0 Å². The number of benzene rings is 2. The lowest BCUT2D eigenvalue weighted by atomic mass is 9.92. The molecule has 134 valence electrons. The first kappa shape index (κ1) is 17.9. The molecule has 2 aromatic carbocycles. The lowest BCUT2D eigenvalue weighted by molar-refractivity contribution is 0.100. The zero-order valence-electron chi connectivity index (χ0n) is 13.6. The fraction of sp³-hybridized carbons (Fsp3) is 0.111. The Bertz CT molecular complexity index is 969. The van der Waals surface area contributed by atoms with Crippen LogP contribution >= 0.6 is 11.6 Å². The molecule has 1 aliphatic rings. The van der Waals surface area contributed by atoms with Crippen molar-refractivity contribution >= 4 is 29.0 Å². The van der Waals surface area contributed by atoms with Gasteiger partial charge in [0.1, 0.15) is 23.5 Å². The van der Waals surface area contributed by atoms with Gasteiger partial charge in [0.05, 0.1) is 5.02 Å². The average molecular weight is 378 g/mol. The summed E-state index contributed by atoms with van der Waals surface area (Å²) in [6.07, 6.45) is 1.30. The van der Waals surface area contributed by atoms with Gasteiger partial charge in [-0.15, -0.1) is 0 Å². The van der Waals surface area contributed by atoms with Gasteiger partial charge in [-0.2, -0.15) is 4.99 Å². The number of aliphatic imine (C=N–C) groups is 1. The van der Waals surface area contributed by atoms with Crippen molar-refractivity contribution in [2.24, 2.45) is 16.5 Å². The molecular weight excluding hydrogens is 364 g/mol. The number of halogens is 3. The summed E-state index contributed by atoms with van der Waals surface area (Å²) in [5.41, 5.74) is 11.6. The van der Waals surface area contributed by atoms with E-state index in [9.17, 15) is 13.6 Å². The Hall–Kier alpha value is -2.93. The molecule has 0 aliphatic carbocycles. The van der Waals surface area contributed by atoms with Crippen molar-refractivity contribution in [3.8, 4) is 5.75 Å². The van der Waals surface area contributed by atoms with E-state index < -0.39 is 17.5 Å². The number of nitrogens with two attached hydrogens (primary N) is 2. The zero-order valence-corrected chi connectivity index (χ0v) is 14.3. The van der Waals surface area contributed by atoms with E-state index in [1.165, 1.54) is 18.2 Å². The summed E-state index contributed by atoms with van der Waals surface area (Å²) in [5, 5.41) is -0.212. The molecule has 4 N–H and O–H groups in total. The minimum absolute atomic E-state index is 0.0965. The van der Waals surface area contributed by atoms with Gasteiger partial charge in [-0.3, -0.25) is 4.79 Å². The van der Waals surface area contributed by atoms with Crippen LogP contribution in [0.25, 0.3) is 5.57 Å². The topological polar surface area (TPSA) is 90.7 Å². The number of hydrogen-bond acceptors (Lipinski definition) is 2. The summed E-state index contributed by atoms with van der Waals surface area (Å²) >= 11 is 5.81. The van der Waals surface area contributed by atoms with Crippen LogP contribution < -0.4 is 16.2 Å². The molecular formula is C18H14ClF2N3O2. The molecule has 0 spiro atoms. The van der Waals surface area contributed by atoms with Crippen molar-refractivity contribution in [1.82, 2.24) is 0 Å². The van der Waals surface area contributed by atoms with Gasteiger partial charge in [-0.1, -0.05) is 11.6 Å². The van der Waals surface area contributed by atoms with Gasteiger partial charge in [0.15, 0.2) is 5.96 Å². The second kappa shape index (κ2) is 6.76. The van der Waals surface area contributed by atoms with Crippen molar-refractivity contribution in [2.45, 2.75) is 13.0 Å². The first-order valence-corrected chi connectivity index (χ1v) is 7.96. The van der Waals surface area contributed by atoms with E-state index in [1.807, 2.05) is 0 Å². The predicted octanol–water partition coefficient (Wildman–Crippen LogP) is 3.24. The highest BCUT2D eigenvalue weighted by Gasteiger charge is 2.24. The Labute approximate surface area is 152 Å². The molecule has 26 heavy (non-hydrogen) atoms. The quantitative estimate of drug-likeness (QED) is 0.477. The lowest BCUT2D eigenvalue weighted by Crippen LogP contribution is -2.24. The SMILES string of the molecule is CC1C=C(c2cc(Cl)c(F)cc2F)c2cc(C(=O)N=C(N)N)ccc2O1. The van der Waals surface area contributed by atoms with Gasteiger partial charge < -0.3 is 16.2 Å². The minimum Gasteiger partial charge on any atom is -0.486 e. The molecule has 0 saturated heterocycles. The second-order valence-electron chi connectivity index (χ2n) is 5.70. The van der Waals surface area contributed by atoms with Crippen LogP contribution in [0.2, 0.25) is 5.02 Å². The summed E-state index contributed by atoms with van der Waals surface area (Å²) in [5.74, 6) is -2.21. The normalized spacial score (nSPS) is 15.5. The molecule has 8 heteroatoms. The Balaban J connectivity index is 2.16. The molecule has 3 rings (SSSR count). The Morgan fingerprint density at radius 3 is 2.58 bits per heavy atom. The first-order chi connectivity index (χ1) is 12.3. The standard InChI is InChI=1S/C18H14ClF2N3O2/c1-8-4-10(11-6-13(19)15(21)7-14(11)20)12-5-9(2-3-16(12)26-8)17(25)24-18(22)23/h2-8H,1H3,(H4,22,23,24,25). The van der Waals surface area contributed by atoms with Crippen LogP contribution in [0.5, 0.6) is 5.75 Å². The van der Waals surface area contributed by atoms with E-state index in [1.54, 1.807) is 19.1 Å². The van der Waals surface area contributed by atoms with E-state index in [-0.39, 0.29) is 28.2 Å². The Morgan fingerprint density at radius 2 is 1.88 bits per heavy atom. The second-order valence-corrected chi connectivity index (χ2v) is 6.11.